The molecule has 1 amide bonds. The van der Waals surface area contributed by atoms with Crippen LogP contribution >= 0.6 is 11.8 Å². The number of carbonyl (C=O) groups is 1. The van der Waals surface area contributed by atoms with E-state index in [1.165, 1.54) is 38.3 Å². The van der Waals surface area contributed by atoms with Crippen molar-refractivity contribution >= 4 is 23.9 Å². The third kappa shape index (κ3) is 6.24. The fourth-order valence-corrected chi connectivity index (χ4v) is 4.43. The number of phenols is 1. The fourth-order valence-electron chi connectivity index (χ4n) is 3.69. The van der Waals surface area contributed by atoms with Gasteiger partial charge in [-0.05, 0) is 48.0 Å². The topological polar surface area (TPSA) is 129 Å². The molecule has 202 valence electrons. The van der Waals surface area contributed by atoms with E-state index in [0.29, 0.717) is 45.1 Å². The Kier molecular flexibility index (Phi) is 8.90. The molecule has 0 saturated carbocycles. The molecule has 1 aromatic heterocycles. The summed E-state index contributed by atoms with van der Waals surface area (Å²) >= 11 is 1.21. The molecule has 0 atom stereocenters. The maximum atomic E-state index is 12.5. The molecular weight excluding hydrogens is 522 g/mol. The highest BCUT2D eigenvalue weighted by Crippen LogP contribution is 2.41. The summed E-state index contributed by atoms with van der Waals surface area (Å²) in [6.07, 6.45) is 1.46. The van der Waals surface area contributed by atoms with E-state index in [2.05, 4.69) is 20.7 Å². The number of carbonyl (C=O) groups excluding carboxylic acids is 1. The monoisotopic (exact) mass is 549 g/mol. The SMILES string of the molecule is COc1cc(/C=N\NC(=O)CSc2nnc(-c3cc(OC)c(OC)c(OC)c3)n2-c2ccccc2)ccc1O. The number of phenolic OH excluding ortho intramolecular Hbond substituents is 1. The lowest BCUT2D eigenvalue weighted by Gasteiger charge is -2.15. The van der Waals surface area contributed by atoms with Gasteiger partial charge in [0, 0.05) is 11.3 Å². The zero-order chi connectivity index (χ0) is 27.8. The number of benzene rings is 3. The van der Waals surface area contributed by atoms with Gasteiger partial charge < -0.3 is 24.1 Å². The second-order valence-electron chi connectivity index (χ2n) is 7.90. The molecule has 39 heavy (non-hydrogen) atoms. The molecule has 1 heterocycles. The first-order valence-electron chi connectivity index (χ1n) is 11.6. The number of hydrazone groups is 1. The molecule has 0 radical (unpaired) electrons. The van der Waals surface area contributed by atoms with Crippen molar-refractivity contribution in [1.82, 2.24) is 20.2 Å². The minimum Gasteiger partial charge on any atom is -0.504 e. The molecule has 0 unspecified atom stereocenters. The summed E-state index contributed by atoms with van der Waals surface area (Å²) in [6.45, 7) is 0. The van der Waals surface area contributed by atoms with Crippen LogP contribution in [-0.4, -0.2) is 66.2 Å². The summed E-state index contributed by atoms with van der Waals surface area (Å²) in [5, 5.41) is 23.0. The normalized spacial score (nSPS) is 10.9. The van der Waals surface area contributed by atoms with Gasteiger partial charge in [0.2, 0.25) is 5.75 Å². The molecule has 0 fully saturated rings. The number of amides is 1. The van der Waals surface area contributed by atoms with Gasteiger partial charge in [-0.15, -0.1) is 10.2 Å². The molecule has 0 aliphatic carbocycles. The van der Waals surface area contributed by atoms with Crippen LogP contribution in [0.25, 0.3) is 17.1 Å². The summed E-state index contributed by atoms with van der Waals surface area (Å²) in [6, 6.07) is 17.9. The maximum Gasteiger partial charge on any atom is 0.250 e. The zero-order valence-corrected chi connectivity index (χ0v) is 22.6. The van der Waals surface area contributed by atoms with Crippen LogP contribution in [0.15, 0.2) is 70.9 Å². The molecule has 11 nitrogen and oxygen atoms in total. The number of para-hydroxylation sites is 1. The quantitative estimate of drug-likeness (QED) is 0.162. The molecule has 2 N–H and O–H groups in total. The Morgan fingerprint density at radius 3 is 2.28 bits per heavy atom. The third-order valence-electron chi connectivity index (χ3n) is 5.51. The second kappa shape index (κ2) is 12.7. The van der Waals surface area contributed by atoms with Crippen LogP contribution in [0.5, 0.6) is 28.7 Å². The largest absolute Gasteiger partial charge is 0.504 e. The lowest BCUT2D eigenvalue weighted by atomic mass is 10.1. The van der Waals surface area contributed by atoms with Gasteiger partial charge in [0.25, 0.3) is 5.91 Å². The molecule has 0 aliphatic rings. The average molecular weight is 550 g/mol. The van der Waals surface area contributed by atoms with Gasteiger partial charge in [0.15, 0.2) is 34.0 Å². The van der Waals surface area contributed by atoms with Gasteiger partial charge in [-0.3, -0.25) is 9.36 Å². The minimum atomic E-state index is -0.334. The Morgan fingerprint density at radius 1 is 0.949 bits per heavy atom. The number of thioether (sulfide) groups is 1. The third-order valence-corrected chi connectivity index (χ3v) is 6.44. The molecule has 12 heteroatoms. The molecule has 3 aromatic carbocycles. The van der Waals surface area contributed by atoms with Crippen LogP contribution in [-0.2, 0) is 4.79 Å². The highest BCUT2D eigenvalue weighted by molar-refractivity contribution is 7.99. The van der Waals surface area contributed by atoms with E-state index in [9.17, 15) is 9.90 Å². The number of ether oxygens (including phenoxy) is 4. The lowest BCUT2D eigenvalue weighted by molar-refractivity contribution is -0.118. The van der Waals surface area contributed by atoms with Crippen molar-refractivity contribution in [3.05, 3.63) is 66.2 Å². The lowest BCUT2D eigenvalue weighted by Crippen LogP contribution is -2.20. The average Bonchev–Trinajstić information content (AvgIpc) is 3.40. The molecular formula is C27H27N5O6S. The number of aromatic hydroxyl groups is 1. The first-order valence-corrected chi connectivity index (χ1v) is 12.6. The van der Waals surface area contributed by atoms with Gasteiger partial charge in [0.05, 0.1) is 40.4 Å². The van der Waals surface area contributed by atoms with Gasteiger partial charge in [-0.2, -0.15) is 5.10 Å². The number of aromatic nitrogens is 3. The van der Waals surface area contributed by atoms with E-state index in [-0.39, 0.29) is 17.4 Å². The second-order valence-corrected chi connectivity index (χ2v) is 8.85. The first-order chi connectivity index (χ1) is 19.0. The standard InChI is InChI=1S/C27H27N5O6S/c1-35-21-12-17(10-11-20(21)33)15-28-29-24(34)16-39-27-31-30-26(32(27)19-8-6-5-7-9-19)18-13-22(36-2)25(38-4)23(14-18)37-3/h5-15,33H,16H2,1-4H3,(H,29,34)/b28-15-. The van der Waals surface area contributed by atoms with Crippen molar-refractivity contribution in [2.45, 2.75) is 5.16 Å². The van der Waals surface area contributed by atoms with Gasteiger partial charge in [-0.1, -0.05) is 30.0 Å². The highest BCUT2D eigenvalue weighted by atomic mass is 32.2. The molecule has 4 aromatic rings. The molecule has 0 saturated heterocycles. The van der Waals surface area contributed by atoms with Crippen LogP contribution in [0.1, 0.15) is 5.56 Å². The minimum absolute atomic E-state index is 0.0171. The first kappa shape index (κ1) is 27.3. The smallest absolute Gasteiger partial charge is 0.250 e. The van der Waals surface area contributed by atoms with E-state index >= 15 is 0 Å². The van der Waals surface area contributed by atoms with Gasteiger partial charge >= 0.3 is 0 Å². The number of nitrogens with zero attached hydrogens (tertiary/aromatic N) is 4. The van der Waals surface area contributed by atoms with Crippen molar-refractivity contribution in [2.75, 3.05) is 34.2 Å². The molecule has 0 spiro atoms. The van der Waals surface area contributed by atoms with E-state index in [0.717, 1.165) is 5.69 Å². The van der Waals surface area contributed by atoms with E-state index < -0.39 is 0 Å². The molecule has 4 rings (SSSR count). The number of methoxy groups -OCH3 is 4. The number of hydrogen-bond acceptors (Lipinski definition) is 10. The van der Waals surface area contributed by atoms with Crippen LogP contribution in [0.4, 0.5) is 0 Å². The van der Waals surface area contributed by atoms with Gasteiger partial charge in [-0.25, -0.2) is 5.43 Å². The van der Waals surface area contributed by atoms with Crippen molar-refractivity contribution in [3.8, 4) is 45.8 Å². The van der Waals surface area contributed by atoms with Gasteiger partial charge in [0.1, 0.15) is 0 Å². The van der Waals surface area contributed by atoms with E-state index in [4.69, 9.17) is 18.9 Å². The molecule has 0 aliphatic heterocycles. The number of nitrogens with one attached hydrogen (secondary N) is 1. The zero-order valence-electron chi connectivity index (χ0n) is 21.7. The van der Waals surface area contributed by atoms with Crippen LogP contribution in [0, 0.1) is 0 Å². The van der Waals surface area contributed by atoms with Crippen LogP contribution < -0.4 is 24.4 Å². The van der Waals surface area contributed by atoms with Crippen molar-refractivity contribution in [1.29, 1.82) is 0 Å². The molecule has 0 bridgehead atoms. The highest BCUT2D eigenvalue weighted by Gasteiger charge is 2.21. The van der Waals surface area contributed by atoms with Crippen molar-refractivity contribution in [2.24, 2.45) is 5.10 Å². The van der Waals surface area contributed by atoms with Crippen LogP contribution in [0.2, 0.25) is 0 Å². The summed E-state index contributed by atoms with van der Waals surface area (Å²) in [7, 11) is 6.08. The summed E-state index contributed by atoms with van der Waals surface area (Å²) in [4.78, 5) is 12.5. The maximum absolute atomic E-state index is 12.5. The number of hydrogen-bond donors (Lipinski definition) is 2. The Labute approximate surface area is 229 Å². The van der Waals surface area contributed by atoms with E-state index in [1.807, 2.05) is 34.9 Å². The predicted octanol–water partition coefficient (Wildman–Crippen LogP) is 3.92. The van der Waals surface area contributed by atoms with Crippen molar-refractivity contribution in [3.63, 3.8) is 0 Å². The Hall–Kier alpha value is -4.71. The summed E-state index contributed by atoms with van der Waals surface area (Å²) < 4.78 is 23.4. The van der Waals surface area contributed by atoms with Crippen LogP contribution in [0.3, 0.4) is 0 Å². The fraction of sp³-hybridized carbons (Fsp3) is 0.185. The Bertz CT molecular complexity index is 1450. The Balaban J connectivity index is 1.57. The summed E-state index contributed by atoms with van der Waals surface area (Å²) in [5.74, 6) is 1.98. The predicted molar refractivity (Wildman–Crippen MR) is 148 cm³/mol. The Morgan fingerprint density at radius 2 is 1.64 bits per heavy atom. The van der Waals surface area contributed by atoms with Crippen molar-refractivity contribution < 1.29 is 28.8 Å². The van der Waals surface area contributed by atoms with E-state index in [1.54, 1.807) is 38.5 Å². The number of rotatable bonds is 11. The summed E-state index contributed by atoms with van der Waals surface area (Å²) in [5.41, 5.74) is 4.65.